The normalized spacial score (nSPS) is 15.3. The van der Waals surface area contributed by atoms with Crippen LogP contribution in [0.3, 0.4) is 0 Å². The molecule has 0 atom stereocenters. The Morgan fingerprint density at radius 2 is 1.91 bits per heavy atom. The van der Waals surface area contributed by atoms with Crippen molar-refractivity contribution in [3.8, 4) is 5.75 Å². The van der Waals surface area contributed by atoms with Crippen LogP contribution in [0.25, 0.3) is 0 Å². The highest BCUT2D eigenvalue weighted by molar-refractivity contribution is 6.32. The number of hydrogen-bond donors (Lipinski definition) is 1. The van der Waals surface area contributed by atoms with Gasteiger partial charge in [-0.2, -0.15) is 13.2 Å². The maximum atomic E-state index is 14.1. The van der Waals surface area contributed by atoms with Gasteiger partial charge in [0.05, 0.1) is 16.7 Å². The molecule has 0 saturated heterocycles. The molecule has 1 aliphatic heterocycles. The molecule has 1 aromatic rings. The molecule has 0 saturated carbocycles. The SMILES string of the molecule is CC1=CN(c2cc(OC(C)C)c(Cl)cc2F)NC=C1C(F)(F)F. The van der Waals surface area contributed by atoms with Gasteiger partial charge in [-0.15, -0.1) is 0 Å². The van der Waals surface area contributed by atoms with Gasteiger partial charge in [-0.3, -0.25) is 5.01 Å². The Kier molecular flexibility index (Phi) is 4.79. The monoisotopic (exact) mass is 350 g/mol. The lowest BCUT2D eigenvalue weighted by Crippen LogP contribution is -2.35. The Hall–Kier alpha value is -1.89. The van der Waals surface area contributed by atoms with Crippen LogP contribution in [0.5, 0.6) is 5.75 Å². The predicted molar refractivity (Wildman–Crippen MR) is 80.7 cm³/mol. The first-order valence-corrected chi connectivity index (χ1v) is 7.14. The summed E-state index contributed by atoms with van der Waals surface area (Å²) < 4.78 is 57.9. The van der Waals surface area contributed by atoms with Crippen LogP contribution < -0.4 is 15.2 Å². The molecule has 0 bridgehead atoms. The second kappa shape index (κ2) is 6.31. The van der Waals surface area contributed by atoms with Crippen LogP contribution in [0.4, 0.5) is 23.2 Å². The van der Waals surface area contributed by atoms with E-state index in [1.165, 1.54) is 13.0 Å². The number of hydrogen-bond acceptors (Lipinski definition) is 3. The summed E-state index contributed by atoms with van der Waals surface area (Å²) >= 11 is 5.92. The minimum Gasteiger partial charge on any atom is -0.489 e. The smallest absolute Gasteiger partial charge is 0.418 e. The molecule has 0 radical (unpaired) electrons. The van der Waals surface area contributed by atoms with Crippen molar-refractivity contribution in [2.24, 2.45) is 0 Å². The standard InChI is InChI=1S/C15H15ClF4N2O/c1-8(2)23-14-5-13(12(17)4-11(14)16)22-7-9(3)10(6-21-22)15(18,19)20/h4-8,21H,1-3H3. The fraction of sp³-hybridized carbons (Fsp3) is 0.333. The van der Waals surface area contributed by atoms with Crippen LogP contribution in [0.15, 0.2) is 35.7 Å². The molecule has 126 valence electrons. The Labute approximate surface area is 136 Å². The van der Waals surface area contributed by atoms with Crippen LogP contribution in [0.2, 0.25) is 5.02 Å². The van der Waals surface area contributed by atoms with E-state index in [9.17, 15) is 17.6 Å². The molecule has 1 aliphatic rings. The Morgan fingerprint density at radius 3 is 2.43 bits per heavy atom. The zero-order chi connectivity index (χ0) is 17.4. The quantitative estimate of drug-likeness (QED) is 0.781. The molecule has 0 amide bonds. The molecule has 23 heavy (non-hydrogen) atoms. The highest BCUT2D eigenvalue weighted by Gasteiger charge is 2.36. The van der Waals surface area contributed by atoms with Gasteiger partial charge in [0, 0.05) is 18.5 Å². The van der Waals surface area contributed by atoms with Crippen LogP contribution in [0.1, 0.15) is 20.8 Å². The van der Waals surface area contributed by atoms with Gasteiger partial charge in [0.1, 0.15) is 11.4 Å². The van der Waals surface area contributed by atoms with Gasteiger partial charge in [-0.1, -0.05) is 11.6 Å². The molecule has 3 nitrogen and oxygen atoms in total. The number of alkyl halides is 3. The van der Waals surface area contributed by atoms with Crippen LogP contribution in [0, 0.1) is 5.82 Å². The van der Waals surface area contributed by atoms with Crippen molar-refractivity contribution in [3.05, 3.63) is 46.5 Å². The number of anilines is 1. The first-order valence-electron chi connectivity index (χ1n) is 6.77. The van der Waals surface area contributed by atoms with Gasteiger partial charge in [-0.25, -0.2) is 4.39 Å². The van der Waals surface area contributed by atoms with Crippen molar-refractivity contribution in [1.82, 2.24) is 5.43 Å². The van der Waals surface area contributed by atoms with Gasteiger partial charge in [0.25, 0.3) is 0 Å². The van der Waals surface area contributed by atoms with E-state index in [4.69, 9.17) is 16.3 Å². The highest BCUT2D eigenvalue weighted by Crippen LogP contribution is 2.36. The minimum absolute atomic E-state index is 0.00174. The van der Waals surface area contributed by atoms with E-state index in [-0.39, 0.29) is 28.1 Å². The maximum Gasteiger partial charge on any atom is 0.418 e. The third-order valence-electron chi connectivity index (χ3n) is 3.02. The fourth-order valence-electron chi connectivity index (χ4n) is 2.04. The van der Waals surface area contributed by atoms with Gasteiger partial charge in [0.2, 0.25) is 0 Å². The highest BCUT2D eigenvalue weighted by atomic mass is 35.5. The van der Waals surface area contributed by atoms with E-state index in [2.05, 4.69) is 5.43 Å². The topological polar surface area (TPSA) is 24.5 Å². The Morgan fingerprint density at radius 1 is 1.26 bits per heavy atom. The molecule has 0 aliphatic carbocycles. The molecule has 1 N–H and O–H groups in total. The Balaban J connectivity index is 2.36. The lowest BCUT2D eigenvalue weighted by Gasteiger charge is -2.28. The summed E-state index contributed by atoms with van der Waals surface area (Å²) in [5.41, 5.74) is 1.54. The first kappa shape index (κ1) is 17.5. The molecule has 0 fully saturated rings. The number of allylic oxidation sites excluding steroid dienone is 2. The van der Waals surface area contributed by atoms with Gasteiger partial charge in [-0.05, 0) is 32.4 Å². The number of rotatable bonds is 3. The van der Waals surface area contributed by atoms with E-state index in [0.29, 0.717) is 0 Å². The minimum atomic E-state index is -4.48. The zero-order valence-electron chi connectivity index (χ0n) is 12.6. The second-order valence-electron chi connectivity index (χ2n) is 5.27. The molecule has 1 aromatic carbocycles. The summed E-state index contributed by atoms with van der Waals surface area (Å²) in [6, 6.07) is 2.39. The summed E-state index contributed by atoms with van der Waals surface area (Å²) in [6.45, 7) is 4.86. The van der Waals surface area contributed by atoms with E-state index >= 15 is 0 Å². The number of ether oxygens (including phenoxy) is 1. The molecule has 1 heterocycles. The summed E-state index contributed by atoms with van der Waals surface area (Å²) in [6.07, 6.45) is -2.72. The zero-order valence-corrected chi connectivity index (χ0v) is 13.4. The summed E-state index contributed by atoms with van der Waals surface area (Å²) in [5.74, 6) is -0.442. The maximum absolute atomic E-state index is 14.1. The number of nitrogens with zero attached hydrogens (tertiary/aromatic N) is 1. The lowest BCUT2D eigenvalue weighted by atomic mass is 10.1. The van der Waals surface area contributed by atoms with E-state index in [1.54, 1.807) is 13.8 Å². The Bertz CT molecular complexity index is 668. The molecular weight excluding hydrogens is 336 g/mol. The summed E-state index contributed by atoms with van der Waals surface area (Å²) in [7, 11) is 0. The largest absolute Gasteiger partial charge is 0.489 e. The average Bonchev–Trinajstić information content (AvgIpc) is 2.39. The van der Waals surface area contributed by atoms with Crippen molar-refractivity contribution in [2.45, 2.75) is 33.1 Å². The molecule has 0 aromatic heterocycles. The van der Waals surface area contributed by atoms with Crippen LogP contribution in [-0.2, 0) is 0 Å². The second-order valence-corrected chi connectivity index (χ2v) is 5.67. The van der Waals surface area contributed by atoms with Crippen molar-refractivity contribution in [2.75, 3.05) is 5.01 Å². The number of hydrazine groups is 1. The number of nitrogens with one attached hydrogen (secondary N) is 1. The van der Waals surface area contributed by atoms with Gasteiger partial charge < -0.3 is 10.2 Å². The van der Waals surface area contributed by atoms with Crippen molar-refractivity contribution >= 4 is 17.3 Å². The third-order valence-corrected chi connectivity index (χ3v) is 3.32. The van der Waals surface area contributed by atoms with E-state index in [1.807, 2.05) is 0 Å². The van der Waals surface area contributed by atoms with Crippen molar-refractivity contribution in [1.29, 1.82) is 0 Å². The van der Waals surface area contributed by atoms with E-state index in [0.717, 1.165) is 23.5 Å². The van der Waals surface area contributed by atoms with E-state index < -0.39 is 17.6 Å². The van der Waals surface area contributed by atoms with Crippen LogP contribution in [-0.4, -0.2) is 12.3 Å². The number of halogens is 5. The van der Waals surface area contributed by atoms with Crippen molar-refractivity contribution in [3.63, 3.8) is 0 Å². The molecule has 0 spiro atoms. The molecule has 0 unspecified atom stereocenters. The molecule has 8 heteroatoms. The van der Waals surface area contributed by atoms with Crippen LogP contribution >= 0.6 is 11.6 Å². The average molecular weight is 351 g/mol. The summed E-state index contributed by atoms with van der Waals surface area (Å²) in [4.78, 5) is 0. The fourth-order valence-corrected chi connectivity index (χ4v) is 2.24. The first-order chi connectivity index (χ1) is 10.6. The van der Waals surface area contributed by atoms with Gasteiger partial charge in [0.15, 0.2) is 5.82 Å². The predicted octanol–water partition coefficient (Wildman–Crippen LogP) is 4.94. The molecule has 2 rings (SSSR count). The summed E-state index contributed by atoms with van der Waals surface area (Å²) in [5, 5.41) is 1.23. The lowest BCUT2D eigenvalue weighted by molar-refractivity contribution is -0.0899. The van der Waals surface area contributed by atoms with Gasteiger partial charge >= 0.3 is 6.18 Å². The van der Waals surface area contributed by atoms with Crippen molar-refractivity contribution < 1.29 is 22.3 Å². The molecular formula is C15H15ClF4N2O. The number of benzene rings is 1. The third kappa shape index (κ3) is 3.90.